The molecule has 16 heavy (non-hydrogen) atoms. The zero-order chi connectivity index (χ0) is 11.4. The van der Waals surface area contributed by atoms with Crippen LogP contribution in [-0.4, -0.2) is 16.0 Å². The fourth-order valence-corrected chi connectivity index (χ4v) is 4.84. The Kier molecular flexibility index (Phi) is 2.15. The van der Waals surface area contributed by atoms with Crippen LogP contribution in [0.15, 0.2) is 0 Å². The maximum absolute atomic E-state index is 10.3. The van der Waals surface area contributed by atoms with Crippen molar-refractivity contribution in [1.29, 1.82) is 0 Å². The predicted octanol–water partition coefficient (Wildman–Crippen LogP) is 1.91. The lowest BCUT2D eigenvalue weighted by molar-refractivity contribution is -0.250. The van der Waals surface area contributed by atoms with E-state index in [1.54, 1.807) is 6.92 Å². The second-order valence-corrected chi connectivity index (χ2v) is 6.25. The Morgan fingerprint density at radius 3 is 1.81 bits per heavy atom. The Labute approximate surface area is 97.1 Å². The zero-order valence-corrected chi connectivity index (χ0v) is 9.87. The molecular weight excluding hydrogens is 200 g/mol. The first-order valence-corrected chi connectivity index (χ1v) is 6.43. The monoisotopic (exact) mass is 220 g/mol. The van der Waals surface area contributed by atoms with Crippen molar-refractivity contribution in [3.05, 3.63) is 0 Å². The minimum Gasteiger partial charge on any atom is -0.355 e. The highest BCUT2D eigenvalue weighted by Gasteiger charge is 2.59. The summed E-state index contributed by atoms with van der Waals surface area (Å²) in [6.07, 6.45) is 6.86. The number of hydrogen-bond donors (Lipinski definition) is 2. The van der Waals surface area contributed by atoms with E-state index >= 15 is 0 Å². The van der Waals surface area contributed by atoms with Gasteiger partial charge in [-0.2, -0.15) is 0 Å². The molecule has 2 nitrogen and oxygen atoms in total. The van der Waals surface area contributed by atoms with Crippen LogP contribution in [0.5, 0.6) is 0 Å². The van der Waals surface area contributed by atoms with Crippen molar-refractivity contribution in [2.75, 3.05) is 0 Å². The number of rotatable bonds is 1. The molecule has 0 aromatic rings. The van der Waals surface area contributed by atoms with E-state index in [0.29, 0.717) is 0 Å². The van der Waals surface area contributed by atoms with E-state index in [-0.39, 0.29) is 5.41 Å². The molecule has 2 heteroatoms. The van der Waals surface area contributed by atoms with Gasteiger partial charge in [0.1, 0.15) is 0 Å². The Hall–Kier alpha value is -0.520. The molecule has 4 saturated carbocycles. The van der Waals surface area contributed by atoms with Crippen molar-refractivity contribution in [2.45, 2.75) is 51.2 Å². The van der Waals surface area contributed by atoms with Crippen molar-refractivity contribution < 1.29 is 10.2 Å². The molecule has 0 amide bonds. The van der Waals surface area contributed by atoms with Crippen LogP contribution in [0.2, 0.25) is 0 Å². The molecule has 88 valence electrons. The van der Waals surface area contributed by atoms with Gasteiger partial charge in [0, 0.05) is 5.41 Å². The van der Waals surface area contributed by atoms with Gasteiger partial charge in [-0.3, -0.25) is 0 Å². The molecule has 4 bridgehead atoms. The van der Waals surface area contributed by atoms with Gasteiger partial charge < -0.3 is 10.2 Å². The molecule has 4 aliphatic carbocycles. The van der Waals surface area contributed by atoms with Crippen LogP contribution in [0.4, 0.5) is 0 Å². The second kappa shape index (κ2) is 3.24. The van der Waals surface area contributed by atoms with Crippen LogP contribution >= 0.6 is 0 Å². The first-order chi connectivity index (χ1) is 7.55. The number of aliphatic hydroxyl groups is 2. The van der Waals surface area contributed by atoms with Gasteiger partial charge in [-0.05, 0) is 69.1 Å². The molecule has 0 radical (unpaired) electrons. The Morgan fingerprint density at radius 2 is 1.44 bits per heavy atom. The van der Waals surface area contributed by atoms with Crippen LogP contribution < -0.4 is 0 Å². The second-order valence-electron chi connectivity index (χ2n) is 6.25. The fourth-order valence-electron chi connectivity index (χ4n) is 4.84. The predicted molar refractivity (Wildman–Crippen MR) is 61.2 cm³/mol. The van der Waals surface area contributed by atoms with Crippen molar-refractivity contribution in [3.63, 3.8) is 0 Å². The maximum Gasteiger partial charge on any atom is 0.234 e. The normalized spacial score (nSPS) is 45.3. The summed E-state index contributed by atoms with van der Waals surface area (Å²) in [6, 6.07) is 0. The molecule has 4 fully saturated rings. The largest absolute Gasteiger partial charge is 0.355 e. The molecular formula is C14H20O2. The summed E-state index contributed by atoms with van der Waals surface area (Å²) in [4.78, 5) is 0. The summed E-state index contributed by atoms with van der Waals surface area (Å²) in [6.45, 7) is 1.68. The van der Waals surface area contributed by atoms with E-state index in [9.17, 15) is 10.2 Å². The minimum absolute atomic E-state index is 0.315. The van der Waals surface area contributed by atoms with Gasteiger partial charge in [0.2, 0.25) is 5.79 Å². The van der Waals surface area contributed by atoms with Gasteiger partial charge in [-0.25, -0.2) is 0 Å². The topological polar surface area (TPSA) is 40.5 Å². The first-order valence-electron chi connectivity index (χ1n) is 6.43. The third-order valence-electron chi connectivity index (χ3n) is 5.08. The van der Waals surface area contributed by atoms with E-state index in [4.69, 9.17) is 0 Å². The lowest BCUT2D eigenvalue weighted by Crippen LogP contribution is -2.57. The minimum atomic E-state index is -1.75. The smallest absolute Gasteiger partial charge is 0.234 e. The van der Waals surface area contributed by atoms with Gasteiger partial charge in [0.25, 0.3) is 0 Å². The van der Waals surface area contributed by atoms with Crippen LogP contribution in [0.3, 0.4) is 0 Å². The van der Waals surface area contributed by atoms with Crippen molar-refractivity contribution in [1.82, 2.24) is 0 Å². The highest BCUT2D eigenvalue weighted by Crippen LogP contribution is 2.63. The van der Waals surface area contributed by atoms with Crippen LogP contribution in [0, 0.1) is 35.0 Å². The standard InChI is InChI=1S/C14H20O2/c1-2-3-14(15,16)13-7-10-4-11(8-13)6-12(5-10)9-13/h10-12,15-16H,4-9H2,1H3. The van der Waals surface area contributed by atoms with Gasteiger partial charge in [-0.15, -0.1) is 5.92 Å². The quantitative estimate of drug-likeness (QED) is 0.523. The highest BCUT2D eigenvalue weighted by atomic mass is 16.5. The van der Waals surface area contributed by atoms with Crippen molar-refractivity contribution in [3.8, 4) is 11.8 Å². The third-order valence-corrected chi connectivity index (χ3v) is 5.08. The SMILES string of the molecule is CC#CC(O)(O)C12CC3CC(CC(C3)C1)C2. The van der Waals surface area contributed by atoms with Gasteiger partial charge >= 0.3 is 0 Å². The molecule has 0 unspecified atom stereocenters. The van der Waals surface area contributed by atoms with E-state index < -0.39 is 5.79 Å². The molecule has 0 saturated heterocycles. The third kappa shape index (κ3) is 1.35. The fraction of sp³-hybridized carbons (Fsp3) is 0.857. The molecule has 2 N–H and O–H groups in total. The molecule has 0 aromatic carbocycles. The average Bonchev–Trinajstić information content (AvgIpc) is 2.14. The van der Waals surface area contributed by atoms with E-state index in [1.165, 1.54) is 19.3 Å². The van der Waals surface area contributed by atoms with E-state index in [0.717, 1.165) is 37.0 Å². The van der Waals surface area contributed by atoms with Gasteiger partial charge in [-0.1, -0.05) is 0 Å². The molecule has 0 heterocycles. The summed E-state index contributed by atoms with van der Waals surface area (Å²) in [7, 11) is 0. The van der Waals surface area contributed by atoms with Crippen LogP contribution in [0.1, 0.15) is 45.4 Å². The lowest BCUT2D eigenvalue weighted by Gasteiger charge is -2.59. The molecule has 0 spiro atoms. The zero-order valence-electron chi connectivity index (χ0n) is 9.87. The molecule has 0 atom stereocenters. The number of hydrogen-bond acceptors (Lipinski definition) is 2. The Balaban J connectivity index is 1.95. The lowest BCUT2D eigenvalue weighted by atomic mass is 9.47. The summed E-state index contributed by atoms with van der Waals surface area (Å²) >= 11 is 0. The van der Waals surface area contributed by atoms with E-state index in [2.05, 4.69) is 11.8 Å². The van der Waals surface area contributed by atoms with E-state index in [1.807, 2.05) is 0 Å². The maximum atomic E-state index is 10.3. The summed E-state index contributed by atoms with van der Waals surface area (Å²) < 4.78 is 0. The highest BCUT2D eigenvalue weighted by molar-refractivity contribution is 5.18. The Morgan fingerprint density at radius 1 is 1.00 bits per heavy atom. The van der Waals surface area contributed by atoms with Crippen LogP contribution in [-0.2, 0) is 0 Å². The van der Waals surface area contributed by atoms with Crippen molar-refractivity contribution in [2.24, 2.45) is 23.2 Å². The molecule has 0 aliphatic heterocycles. The Bertz CT molecular complexity index is 323. The molecule has 0 aromatic heterocycles. The molecule has 4 aliphatic rings. The van der Waals surface area contributed by atoms with Gasteiger partial charge in [0.15, 0.2) is 0 Å². The first kappa shape index (κ1) is 10.6. The molecule has 4 rings (SSSR count). The summed E-state index contributed by atoms with van der Waals surface area (Å²) in [5.41, 5.74) is -0.315. The summed E-state index contributed by atoms with van der Waals surface area (Å²) in [5, 5.41) is 20.5. The van der Waals surface area contributed by atoms with Crippen molar-refractivity contribution >= 4 is 0 Å². The summed E-state index contributed by atoms with van der Waals surface area (Å²) in [5.74, 6) is 5.75. The van der Waals surface area contributed by atoms with Crippen LogP contribution in [0.25, 0.3) is 0 Å². The van der Waals surface area contributed by atoms with Gasteiger partial charge in [0.05, 0.1) is 0 Å². The average molecular weight is 220 g/mol.